The van der Waals surface area contributed by atoms with Crippen LogP contribution in [-0.4, -0.2) is 33.4 Å². The lowest BCUT2D eigenvalue weighted by Gasteiger charge is -2.29. The lowest BCUT2D eigenvalue weighted by atomic mass is 10.1. The van der Waals surface area contributed by atoms with E-state index in [1.54, 1.807) is 0 Å². The summed E-state index contributed by atoms with van der Waals surface area (Å²) >= 11 is 6.32. The Balaban J connectivity index is 2.17. The first-order chi connectivity index (χ1) is 8.22. The van der Waals surface area contributed by atoms with Gasteiger partial charge in [-0.05, 0) is 31.7 Å². The van der Waals surface area contributed by atoms with Gasteiger partial charge in [0.2, 0.25) is 0 Å². The Kier molecular flexibility index (Phi) is 4.26. The number of anilines is 1. The molecule has 4 heteroatoms. The summed E-state index contributed by atoms with van der Waals surface area (Å²) in [6, 6.07) is 6.58. The van der Waals surface area contributed by atoms with E-state index in [2.05, 4.69) is 35.3 Å². The second-order valence-corrected chi connectivity index (χ2v) is 4.72. The zero-order valence-electron chi connectivity index (χ0n) is 10.4. The predicted molar refractivity (Wildman–Crippen MR) is 72.0 cm³/mol. The Hall–Kier alpha value is -0.770. The van der Waals surface area contributed by atoms with Crippen LogP contribution in [0.5, 0.6) is 0 Å². The molecule has 0 saturated carbocycles. The summed E-state index contributed by atoms with van der Waals surface area (Å²) in [5.74, 6) is 0. The molecular formula is C13H19ClN2O. The molecular weight excluding hydrogens is 236 g/mol. The van der Waals surface area contributed by atoms with Crippen LogP contribution in [0.25, 0.3) is 0 Å². The highest BCUT2D eigenvalue weighted by atomic mass is 35.5. The van der Waals surface area contributed by atoms with E-state index in [0.29, 0.717) is 0 Å². The highest BCUT2D eigenvalue weighted by molar-refractivity contribution is 6.31. The van der Waals surface area contributed by atoms with E-state index >= 15 is 0 Å². The van der Waals surface area contributed by atoms with Crippen molar-refractivity contribution in [3.63, 3.8) is 0 Å². The van der Waals surface area contributed by atoms with E-state index in [4.69, 9.17) is 16.3 Å². The zero-order chi connectivity index (χ0) is 12.3. The molecule has 1 atom stereocenters. The molecule has 0 spiro atoms. The number of ether oxygens (including phenoxy) is 1. The molecule has 0 amide bonds. The number of nitrogens with one attached hydrogen (secondary N) is 1. The fourth-order valence-electron chi connectivity index (χ4n) is 2.04. The van der Waals surface area contributed by atoms with E-state index in [1.807, 2.05) is 7.05 Å². The zero-order valence-corrected chi connectivity index (χ0v) is 11.1. The molecule has 1 N–H and O–H groups in total. The van der Waals surface area contributed by atoms with E-state index in [0.717, 1.165) is 36.9 Å². The van der Waals surface area contributed by atoms with Crippen LogP contribution in [0.1, 0.15) is 18.5 Å². The van der Waals surface area contributed by atoms with Crippen molar-refractivity contribution < 1.29 is 4.74 Å². The molecule has 3 nitrogen and oxygen atoms in total. The second kappa shape index (κ2) is 5.71. The predicted octanol–water partition coefficient (Wildman–Crippen LogP) is 2.46. The first-order valence-electron chi connectivity index (χ1n) is 6.02. The number of morpholine rings is 1. The molecule has 0 bridgehead atoms. The molecule has 1 aromatic carbocycles. The van der Waals surface area contributed by atoms with Crippen molar-refractivity contribution in [3.8, 4) is 0 Å². The number of halogens is 1. The van der Waals surface area contributed by atoms with Gasteiger partial charge in [-0.1, -0.05) is 17.7 Å². The molecule has 0 radical (unpaired) electrons. The van der Waals surface area contributed by atoms with Crippen molar-refractivity contribution in [2.24, 2.45) is 0 Å². The molecule has 1 aliphatic rings. The Labute approximate surface area is 108 Å². The third-order valence-corrected chi connectivity index (χ3v) is 3.59. The van der Waals surface area contributed by atoms with Crippen molar-refractivity contribution in [1.82, 2.24) is 5.32 Å². The minimum atomic E-state index is 0.279. The van der Waals surface area contributed by atoms with Crippen molar-refractivity contribution in [3.05, 3.63) is 28.8 Å². The lowest BCUT2D eigenvalue weighted by Crippen LogP contribution is -2.36. The summed E-state index contributed by atoms with van der Waals surface area (Å²) in [4.78, 5) is 2.31. The lowest BCUT2D eigenvalue weighted by molar-refractivity contribution is 0.122. The molecule has 94 valence electrons. The van der Waals surface area contributed by atoms with Crippen molar-refractivity contribution in [2.75, 3.05) is 38.3 Å². The highest BCUT2D eigenvalue weighted by Crippen LogP contribution is 2.28. The van der Waals surface area contributed by atoms with Gasteiger partial charge < -0.3 is 15.0 Å². The maximum atomic E-state index is 6.32. The average Bonchev–Trinajstić information content (AvgIpc) is 2.39. The van der Waals surface area contributed by atoms with Gasteiger partial charge in [0.05, 0.1) is 13.2 Å². The minimum Gasteiger partial charge on any atom is -0.378 e. The molecule has 0 aromatic heterocycles. The number of rotatable bonds is 3. The van der Waals surface area contributed by atoms with Crippen LogP contribution in [0.2, 0.25) is 5.02 Å². The van der Waals surface area contributed by atoms with Crippen molar-refractivity contribution in [2.45, 2.75) is 13.0 Å². The van der Waals surface area contributed by atoms with Gasteiger partial charge in [-0.15, -0.1) is 0 Å². The second-order valence-electron chi connectivity index (χ2n) is 4.32. The van der Waals surface area contributed by atoms with Crippen LogP contribution in [-0.2, 0) is 4.74 Å². The van der Waals surface area contributed by atoms with Crippen molar-refractivity contribution in [1.29, 1.82) is 0 Å². The number of hydrogen-bond acceptors (Lipinski definition) is 3. The number of benzene rings is 1. The number of hydrogen-bond donors (Lipinski definition) is 1. The van der Waals surface area contributed by atoms with Crippen LogP contribution in [0, 0.1) is 0 Å². The summed E-state index contributed by atoms with van der Waals surface area (Å²) in [7, 11) is 1.94. The van der Waals surface area contributed by atoms with E-state index in [-0.39, 0.29) is 6.04 Å². The van der Waals surface area contributed by atoms with Crippen LogP contribution >= 0.6 is 11.6 Å². The minimum absolute atomic E-state index is 0.279. The van der Waals surface area contributed by atoms with Crippen LogP contribution in [0.4, 0.5) is 5.69 Å². The van der Waals surface area contributed by atoms with Gasteiger partial charge in [-0.25, -0.2) is 0 Å². The van der Waals surface area contributed by atoms with E-state index in [9.17, 15) is 0 Å². The van der Waals surface area contributed by atoms with Crippen LogP contribution < -0.4 is 10.2 Å². The van der Waals surface area contributed by atoms with Crippen LogP contribution in [0.15, 0.2) is 18.2 Å². The van der Waals surface area contributed by atoms with Crippen LogP contribution in [0.3, 0.4) is 0 Å². The molecule has 17 heavy (non-hydrogen) atoms. The van der Waals surface area contributed by atoms with Crippen molar-refractivity contribution >= 4 is 17.3 Å². The third kappa shape index (κ3) is 2.92. The first kappa shape index (κ1) is 12.7. The largest absolute Gasteiger partial charge is 0.378 e. The van der Waals surface area contributed by atoms with E-state index < -0.39 is 0 Å². The number of nitrogens with zero attached hydrogens (tertiary/aromatic N) is 1. The quantitative estimate of drug-likeness (QED) is 0.897. The van der Waals surface area contributed by atoms with Gasteiger partial charge in [-0.2, -0.15) is 0 Å². The standard InChI is InChI=1S/C13H19ClN2O/c1-10(15-2)12-4-3-11(9-13(12)14)16-5-7-17-8-6-16/h3-4,9-10,15H,5-8H2,1-2H3. The summed E-state index contributed by atoms with van der Waals surface area (Å²) in [5, 5.41) is 4.03. The SMILES string of the molecule is CNC(C)c1ccc(N2CCOCC2)cc1Cl. The highest BCUT2D eigenvalue weighted by Gasteiger charge is 2.14. The van der Waals surface area contributed by atoms with E-state index in [1.165, 1.54) is 5.69 Å². The van der Waals surface area contributed by atoms with Gasteiger partial charge in [0.1, 0.15) is 0 Å². The Bertz CT molecular complexity index is 378. The molecule has 1 saturated heterocycles. The summed E-state index contributed by atoms with van der Waals surface area (Å²) in [5.41, 5.74) is 2.33. The molecule has 1 aliphatic heterocycles. The Morgan fingerprint density at radius 1 is 1.35 bits per heavy atom. The topological polar surface area (TPSA) is 24.5 Å². The molecule has 1 unspecified atom stereocenters. The smallest absolute Gasteiger partial charge is 0.0642 e. The molecule has 2 rings (SSSR count). The molecule has 1 heterocycles. The fourth-order valence-corrected chi connectivity index (χ4v) is 2.38. The molecule has 1 aromatic rings. The van der Waals surface area contributed by atoms with Gasteiger partial charge in [0.15, 0.2) is 0 Å². The maximum Gasteiger partial charge on any atom is 0.0642 e. The van der Waals surface area contributed by atoms with Gasteiger partial charge in [0.25, 0.3) is 0 Å². The summed E-state index contributed by atoms with van der Waals surface area (Å²) in [6.07, 6.45) is 0. The van der Waals surface area contributed by atoms with Gasteiger partial charge in [0, 0.05) is 29.8 Å². The monoisotopic (exact) mass is 254 g/mol. The maximum absolute atomic E-state index is 6.32. The summed E-state index contributed by atoms with van der Waals surface area (Å²) in [6.45, 7) is 5.59. The normalized spacial score (nSPS) is 18.2. The molecule has 0 aliphatic carbocycles. The average molecular weight is 255 g/mol. The Morgan fingerprint density at radius 2 is 2.06 bits per heavy atom. The van der Waals surface area contributed by atoms with Gasteiger partial charge >= 0.3 is 0 Å². The fraction of sp³-hybridized carbons (Fsp3) is 0.538. The third-order valence-electron chi connectivity index (χ3n) is 3.26. The Morgan fingerprint density at radius 3 is 2.65 bits per heavy atom. The van der Waals surface area contributed by atoms with Gasteiger partial charge in [-0.3, -0.25) is 0 Å². The molecule has 1 fully saturated rings. The first-order valence-corrected chi connectivity index (χ1v) is 6.39. The summed E-state index contributed by atoms with van der Waals surface area (Å²) < 4.78 is 5.35.